The number of hydrogen-bond acceptors (Lipinski definition) is 10. The minimum atomic E-state index is -0.924. The molecule has 0 bridgehead atoms. The first-order valence-corrected chi connectivity index (χ1v) is 22.5. The van der Waals surface area contributed by atoms with E-state index in [2.05, 4.69) is 133 Å². The first-order valence-electron chi connectivity index (χ1n) is 18.6. The molecular formula is C44H48N2O4S4. The zero-order valence-electron chi connectivity index (χ0n) is 31.1. The highest BCUT2D eigenvalue weighted by molar-refractivity contribution is 8.19. The molecule has 4 aromatic carbocycles. The van der Waals surface area contributed by atoms with Crippen molar-refractivity contribution in [2.75, 3.05) is 50.2 Å². The normalized spacial score (nSPS) is 16.3. The number of thioether (sulfide) groups is 4. The number of ether oxygens (including phenoxy) is 2. The molecule has 0 aliphatic carbocycles. The summed E-state index contributed by atoms with van der Waals surface area (Å²) >= 11 is 6.37. The van der Waals surface area contributed by atoms with Gasteiger partial charge in [-0.2, -0.15) is 0 Å². The molecule has 0 radical (unpaired) electrons. The zero-order valence-corrected chi connectivity index (χ0v) is 34.4. The molecule has 6 rings (SSSR count). The third-order valence-electron chi connectivity index (χ3n) is 9.23. The van der Waals surface area contributed by atoms with Gasteiger partial charge >= 0.3 is 11.9 Å². The van der Waals surface area contributed by atoms with Crippen LogP contribution in [0.3, 0.4) is 0 Å². The fourth-order valence-corrected chi connectivity index (χ4v) is 12.5. The molecule has 0 amide bonds. The maximum absolute atomic E-state index is 13.3. The highest BCUT2D eigenvalue weighted by atomic mass is 32.2. The fourth-order valence-electron chi connectivity index (χ4n) is 6.53. The summed E-state index contributed by atoms with van der Waals surface area (Å²) < 4.78 is 10.3. The lowest BCUT2D eigenvalue weighted by atomic mass is 10.0. The Hall–Kier alpha value is -3.22. The van der Waals surface area contributed by atoms with Gasteiger partial charge in [0.2, 0.25) is 8.53 Å². The van der Waals surface area contributed by atoms with Crippen molar-refractivity contribution in [1.82, 2.24) is 9.80 Å². The number of carbonyl (C=O) groups is 2. The highest BCUT2D eigenvalue weighted by Gasteiger charge is 2.43. The topological polar surface area (TPSA) is 59.1 Å². The predicted molar refractivity (Wildman–Crippen MR) is 231 cm³/mol. The molecule has 54 heavy (non-hydrogen) atoms. The highest BCUT2D eigenvalue weighted by Crippen LogP contribution is 2.48. The van der Waals surface area contributed by atoms with Crippen molar-refractivity contribution in [3.05, 3.63) is 96.1 Å². The Morgan fingerprint density at radius 1 is 0.574 bits per heavy atom. The average Bonchev–Trinajstić information content (AvgIpc) is 3.18. The molecule has 2 heterocycles. The van der Waals surface area contributed by atoms with Crippen LogP contribution in [0, 0.1) is 23.7 Å². The van der Waals surface area contributed by atoms with Crippen LogP contribution in [0.5, 0.6) is 0 Å². The minimum Gasteiger partial charge on any atom is -0.430 e. The van der Waals surface area contributed by atoms with Gasteiger partial charge in [0.25, 0.3) is 0 Å². The zero-order chi connectivity index (χ0) is 37.6. The van der Waals surface area contributed by atoms with Gasteiger partial charge in [-0.25, -0.2) is 9.59 Å². The molecule has 2 saturated heterocycles. The Kier molecular flexibility index (Phi) is 15.0. The SMILES string of the molecule is CN(CC#CCCC1(OC(=O)C(=O)OC2(CCC#CCN(C)Cc3cccc4ccccc34)SCCCS2)SCCCS1)Cc1cccc2ccccc12. The summed E-state index contributed by atoms with van der Waals surface area (Å²) in [4.78, 5) is 31.1. The molecular weight excluding hydrogens is 749 g/mol. The maximum atomic E-state index is 13.3. The van der Waals surface area contributed by atoms with Crippen LogP contribution in [0.1, 0.15) is 49.7 Å². The Labute approximate surface area is 337 Å². The summed E-state index contributed by atoms with van der Waals surface area (Å²) in [6, 6.07) is 29.7. The molecule has 0 atom stereocenters. The standard InChI is InChI=1S/C44H48N2O4S4/c1-45(33-37-21-13-19-35-17-5-7-23-39(35)37)27-11-3-9-25-43(51-29-15-30-52-43)49-41(47)42(48)50-44(53-31-16-32-54-44)26-10-4-12-28-46(2)34-38-22-14-20-36-18-6-8-24-40(36)38/h5-8,13-14,17-24H,9-10,15-16,25-34H2,1-2H3. The van der Waals surface area contributed by atoms with Crippen LogP contribution in [-0.4, -0.2) is 80.5 Å². The van der Waals surface area contributed by atoms with E-state index in [9.17, 15) is 9.59 Å². The molecule has 6 nitrogen and oxygen atoms in total. The largest absolute Gasteiger partial charge is 0.430 e. The van der Waals surface area contributed by atoms with Crippen molar-refractivity contribution in [2.24, 2.45) is 0 Å². The minimum absolute atomic E-state index is 0.542. The van der Waals surface area contributed by atoms with Crippen LogP contribution < -0.4 is 0 Å². The third kappa shape index (κ3) is 11.4. The van der Waals surface area contributed by atoms with E-state index in [0.717, 1.165) is 48.9 Å². The van der Waals surface area contributed by atoms with E-state index in [-0.39, 0.29) is 0 Å². The van der Waals surface area contributed by atoms with Gasteiger partial charge in [0.05, 0.1) is 13.1 Å². The van der Waals surface area contributed by atoms with Crippen LogP contribution in [0.4, 0.5) is 0 Å². The number of hydrogen-bond donors (Lipinski definition) is 0. The molecule has 10 heteroatoms. The molecule has 4 aromatic rings. The van der Waals surface area contributed by atoms with Crippen LogP contribution in [0.2, 0.25) is 0 Å². The van der Waals surface area contributed by atoms with Crippen molar-refractivity contribution in [3.63, 3.8) is 0 Å². The van der Waals surface area contributed by atoms with E-state index >= 15 is 0 Å². The molecule has 0 unspecified atom stereocenters. The molecule has 0 N–H and O–H groups in total. The molecule has 0 aromatic heterocycles. The summed E-state index contributed by atoms with van der Waals surface area (Å²) in [6.45, 7) is 2.87. The second-order valence-electron chi connectivity index (χ2n) is 13.6. The lowest BCUT2D eigenvalue weighted by Crippen LogP contribution is -2.39. The van der Waals surface area contributed by atoms with E-state index in [0.29, 0.717) is 38.8 Å². The summed E-state index contributed by atoms with van der Waals surface area (Å²) in [5, 5.41) is 5.01. The molecule has 282 valence electrons. The lowest BCUT2D eigenvalue weighted by Gasteiger charge is -2.36. The monoisotopic (exact) mass is 796 g/mol. The van der Waals surface area contributed by atoms with Gasteiger partial charge in [-0.3, -0.25) is 9.80 Å². The molecule has 0 spiro atoms. The predicted octanol–water partition coefficient (Wildman–Crippen LogP) is 9.26. The molecule has 0 saturated carbocycles. The smallest absolute Gasteiger partial charge is 0.419 e. The van der Waals surface area contributed by atoms with E-state index in [1.807, 2.05) is 0 Å². The number of esters is 2. The summed E-state index contributed by atoms with van der Waals surface area (Å²) in [6.07, 6.45) is 4.27. The van der Waals surface area contributed by atoms with Gasteiger partial charge in [0.15, 0.2) is 0 Å². The van der Waals surface area contributed by atoms with Crippen molar-refractivity contribution < 1.29 is 19.1 Å². The molecule has 2 aliphatic heterocycles. The number of carbonyl (C=O) groups excluding carboxylic acids is 2. The Bertz CT molecular complexity index is 1870. The molecule has 2 aliphatic rings. The van der Waals surface area contributed by atoms with Crippen LogP contribution >= 0.6 is 47.0 Å². The Balaban J connectivity index is 0.982. The Morgan fingerprint density at radius 2 is 0.963 bits per heavy atom. The second kappa shape index (κ2) is 20.1. The van der Waals surface area contributed by atoms with Crippen LogP contribution in [0.25, 0.3) is 21.5 Å². The van der Waals surface area contributed by atoms with Crippen molar-refractivity contribution in [2.45, 2.75) is 60.1 Å². The number of benzene rings is 4. The van der Waals surface area contributed by atoms with Gasteiger partial charge in [-0.05, 0) is 82.6 Å². The van der Waals surface area contributed by atoms with E-state index in [1.165, 1.54) is 32.7 Å². The summed E-state index contributed by atoms with van der Waals surface area (Å²) in [5.74, 6) is 14.8. The van der Waals surface area contributed by atoms with Crippen molar-refractivity contribution >= 4 is 80.5 Å². The van der Waals surface area contributed by atoms with Gasteiger partial charge in [0, 0.05) is 38.8 Å². The Morgan fingerprint density at radius 3 is 1.39 bits per heavy atom. The summed E-state index contributed by atoms with van der Waals surface area (Å²) in [5.41, 5.74) is 2.56. The summed E-state index contributed by atoms with van der Waals surface area (Å²) in [7, 11) is 4.15. The first kappa shape index (κ1) is 40.4. The van der Waals surface area contributed by atoms with E-state index in [4.69, 9.17) is 9.47 Å². The van der Waals surface area contributed by atoms with E-state index < -0.39 is 20.5 Å². The third-order valence-corrected chi connectivity index (χ3v) is 15.5. The maximum Gasteiger partial charge on any atom is 0.419 e. The fraction of sp³-hybridized carbons (Fsp3) is 0.409. The lowest BCUT2D eigenvalue weighted by molar-refractivity contribution is -0.171. The van der Waals surface area contributed by atoms with Gasteiger partial charge < -0.3 is 9.47 Å². The van der Waals surface area contributed by atoms with Crippen LogP contribution in [-0.2, 0) is 32.2 Å². The quantitative estimate of drug-likeness (QED) is 0.0788. The molecule has 2 fully saturated rings. The number of nitrogens with zero attached hydrogens (tertiary/aromatic N) is 2. The van der Waals surface area contributed by atoms with Gasteiger partial charge in [-0.15, -0.1) is 58.9 Å². The van der Waals surface area contributed by atoms with E-state index in [1.54, 1.807) is 47.0 Å². The van der Waals surface area contributed by atoms with Crippen molar-refractivity contribution in [3.8, 4) is 23.7 Å². The number of rotatable bonds is 12. The van der Waals surface area contributed by atoms with Gasteiger partial charge in [-0.1, -0.05) is 96.8 Å². The number of fused-ring (bicyclic) bond motifs is 2. The van der Waals surface area contributed by atoms with Crippen molar-refractivity contribution in [1.29, 1.82) is 0 Å². The van der Waals surface area contributed by atoms with Gasteiger partial charge in [0.1, 0.15) is 0 Å². The second-order valence-corrected chi connectivity index (χ2v) is 19.5. The average molecular weight is 797 g/mol. The van der Waals surface area contributed by atoms with Crippen LogP contribution in [0.15, 0.2) is 84.9 Å². The first-order chi connectivity index (χ1) is 26.3.